The predicted octanol–water partition coefficient (Wildman–Crippen LogP) is 2.02. The van der Waals surface area contributed by atoms with Gasteiger partial charge in [0, 0.05) is 25.8 Å². The van der Waals surface area contributed by atoms with E-state index >= 15 is 0 Å². The third-order valence-electron chi connectivity index (χ3n) is 3.69. The Balaban J connectivity index is 1.43. The standard InChI is InChI=1S/C15H15FN6/c16-11-7-21(8-11)9-13-2-4-15(20-19-13)18-12-1-3-14-5-6-17-22(14)10-12/h1-6,10-11H,7-9H2,(H,18,20). The molecule has 112 valence electrons. The number of hydrogen-bond donors (Lipinski definition) is 1. The smallest absolute Gasteiger partial charge is 0.153 e. The lowest BCUT2D eigenvalue weighted by molar-refractivity contribution is 0.0578. The SMILES string of the molecule is FC1CN(Cc2ccc(Nc3ccc4ccnn4c3)nn2)C1. The number of fused-ring (bicyclic) bond motifs is 1. The quantitative estimate of drug-likeness (QED) is 0.798. The minimum absolute atomic E-state index is 0.492. The van der Waals surface area contributed by atoms with E-state index in [-0.39, 0.29) is 0 Å². The van der Waals surface area contributed by atoms with Crippen LogP contribution in [0.4, 0.5) is 15.9 Å². The molecule has 0 radical (unpaired) electrons. The molecule has 22 heavy (non-hydrogen) atoms. The van der Waals surface area contributed by atoms with Gasteiger partial charge in [0.25, 0.3) is 0 Å². The number of nitrogens with zero attached hydrogens (tertiary/aromatic N) is 5. The summed E-state index contributed by atoms with van der Waals surface area (Å²) in [5.74, 6) is 0.669. The predicted molar refractivity (Wildman–Crippen MR) is 80.7 cm³/mol. The van der Waals surface area contributed by atoms with E-state index in [0.717, 1.165) is 16.9 Å². The zero-order chi connectivity index (χ0) is 14.9. The molecule has 1 aliphatic heterocycles. The van der Waals surface area contributed by atoms with Crippen LogP contribution >= 0.6 is 0 Å². The molecule has 0 aromatic carbocycles. The molecule has 1 N–H and O–H groups in total. The van der Waals surface area contributed by atoms with Crippen LogP contribution in [0.3, 0.4) is 0 Å². The summed E-state index contributed by atoms with van der Waals surface area (Å²) in [5, 5.41) is 15.7. The van der Waals surface area contributed by atoms with Gasteiger partial charge in [0.05, 0.1) is 23.1 Å². The van der Waals surface area contributed by atoms with Crippen molar-refractivity contribution in [3.05, 3.63) is 48.4 Å². The average Bonchev–Trinajstić information content (AvgIpc) is 2.95. The van der Waals surface area contributed by atoms with E-state index < -0.39 is 6.17 Å². The Kier molecular flexibility index (Phi) is 3.19. The van der Waals surface area contributed by atoms with Gasteiger partial charge >= 0.3 is 0 Å². The lowest BCUT2D eigenvalue weighted by Crippen LogP contribution is -2.47. The number of aromatic nitrogens is 4. The van der Waals surface area contributed by atoms with Crippen LogP contribution in [0.1, 0.15) is 5.69 Å². The number of hydrogen-bond acceptors (Lipinski definition) is 5. The highest BCUT2D eigenvalue weighted by atomic mass is 19.1. The van der Waals surface area contributed by atoms with Gasteiger partial charge in [-0.2, -0.15) is 10.2 Å². The molecule has 6 nitrogen and oxygen atoms in total. The molecule has 0 unspecified atom stereocenters. The maximum atomic E-state index is 12.8. The van der Waals surface area contributed by atoms with Gasteiger partial charge in [-0.3, -0.25) is 4.90 Å². The number of pyridine rings is 1. The highest BCUT2D eigenvalue weighted by molar-refractivity contribution is 5.59. The molecule has 3 aromatic heterocycles. The molecule has 1 fully saturated rings. The van der Waals surface area contributed by atoms with E-state index in [9.17, 15) is 4.39 Å². The Bertz CT molecular complexity index is 778. The van der Waals surface area contributed by atoms with Gasteiger partial charge in [-0.25, -0.2) is 8.91 Å². The lowest BCUT2D eigenvalue weighted by Gasteiger charge is -2.33. The highest BCUT2D eigenvalue weighted by Crippen LogP contribution is 2.17. The third kappa shape index (κ3) is 2.62. The van der Waals surface area contributed by atoms with Crippen molar-refractivity contribution in [1.29, 1.82) is 0 Å². The van der Waals surface area contributed by atoms with Crippen LogP contribution in [-0.2, 0) is 6.54 Å². The largest absolute Gasteiger partial charge is 0.337 e. The van der Waals surface area contributed by atoms with Crippen LogP contribution in [0, 0.1) is 0 Å². The Morgan fingerprint density at radius 1 is 1.14 bits per heavy atom. The molecule has 0 saturated carbocycles. The Morgan fingerprint density at radius 2 is 2.05 bits per heavy atom. The minimum atomic E-state index is -0.689. The van der Waals surface area contributed by atoms with Gasteiger partial charge in [0.2, 0.25) is 0 Å². The highest BCUT2D eigenvalue weighted by Gasteiger charge is 2.26. The van der Waals surface area contributed by atoms with E-state index in [1.54, 1.807) is 10.7 Å². The molecule has 1 saturated heterocycles. The molecular weight excluding hydrogens is 283 g/mol. The van der Waals surface area contributed by atoms with Gasteiger partial charge in [-0.1, -0.05) is 0 Å². The summed E-state index contributed by atoms with van der Waals surface area (Å²) in [6, 6.07) is 9.67. The first-order valence-electron chi connectivity index (χ1n) is 7.16. The molecule has 4 rings (SSSR count). The van der Waals surface area contributed by atoms with Crippen molar-refractivity contribution in [2.75, 3.05) is 18.4 Å². The molecule has 1 aliphatic rings. The second kappa shape index (κ2) is 5.34. The Morgan fingerprint density at radius 3 is 2.82 bits per heavy atom. The zero-order valence-electron chi connectivity index (χ0n) is 11.9. The van der Waals surface area contributed by atoms with Crippen LogP contribution in [0.2, 0.25) is 0 Å². The Labute approximate surface area is 126 Å². The second-order valence-corrected chi connectivity index (χ2v) is 5.44. The average molecular weight is 298 g/mol. The fourth-order valence-corrected chi connectivity index (χ4v) is 2.51. The summed E-state index contributed by atoms with van der Waals surface area (Å²) < 4.78 is 14.6. The summed E-state index contributed by atoms with van der Waals surface area (Å²) >= 11 is 0. The van der Waals surface area contributed by atoms with Gasteiger partial charge < -0.3 is 5.32 Å². The van der Waals surface area contributed by atoms with Crippen molar-refractivity contribution >= 4 is 17.0 Å². The van der Waals surface area contributed by atoms with Crippen molar-refractivity contribution in [2.24, 2.45) is 0 Å². The monoisotopic (exact) mass is 298 g/mol. The molecular formula is C15H15FN6. The molecule has 0 aliphatic carbocycles. The van der Waals surface area contributed by atoms with Crippen LogP contribution < -0.4 is 5.32 Å². The molecule has 0 atom stereocenters. The van der Waals surface area contributed by atoms with Gasteiger partial charge in [-0.15, -0.1) is 5.10 Å². The van der Waals surface area contributed by atoms with Crippen molar-refractivity contribution in [3.63, 3.8) is 0 Å². The minimum Gasteiger partial charge on any atom is -0.337 e. The summed E-state index contributed by atoms with van der Waals surface area (Å²) in [6.45, 7) is 1.63. The van der Waals surface area contributed by atoms with Crippen LogP contribution in [-0.4, -0.2) is 44.0 Å². The van der Waals surface area contributed by atoms with Crippen molar-refractivity contribution in [1.82, 2.24) is 24.7 Å². The van der Waals surface area contributed by atoms with E-state index in [1.807, 2.05) is 41.4 Å². The van der Waals surface area contributed by atoms with Gasteiger partial charge in [0.1, 0.15) is 6.17 Å². The second-order valence-electron chi connectivity index (χ2n) is 5.44. The van der Waals surface area contributed by atoms with Crippen LogP contribution in [0.15, 0.2) is 42.7 Å². The molecule has 4 heterocycles. The summed E-state index contributed by atoms with van der Waals surface area (Å²) in [4.78, 5) is 2.01. The van der Waals surface area contributed by atoms with Crippen LogP contribution in [0.5, 0.6) is 0 Å². The summed E-state index contributed by atoms with van der Waals surface area (Å²) in [5.41, 5.74) is 2.77. The number of likely N-dealkylation sites (tertiary alicyclic amines) is 1. The number of nitrogens with one attached hydrogen (secondary N) is 1. The first-order valence-corrected chi connectivity index (χ1v) is 7.16. The topological polar surface area (TPSA) is 58.4 Å². The lowest BCUT2D eigenvalue weighted by atomic mass is 10.2. The number of anilines is 2. The van der Waals surface area contributed by atoms with Crippen LogP contribution in [0.25, 0.3) is 5.52 Å². The number of rotatable bonds is 4. The molecule has 0 amide bonds. The number of alkyl halides is 1. The summed E-state index contributed by atoms with van der Waals surface area (Å²) in [7, 11) is 0. The Hall–Kier alpha value is -2.54. The van der Waals surface area contributed by atoms with E-state index in [0.29, 0.717) is 25.5 Å². The first-order chi connectivity index (χ1) is 10.8. The van der Waals surface area contributed by atoms with Gasteiger partial charge in [-0.05, 0) is 30.3 Å². The zero-order valence-corrected chi connectivity index (χ0v) is 11.9. The van der Waals surface area contributed by atoms with Crippen molar-refractivity contribution < 1.29 is 4.39 Å². The first kappa shape index (κ1) is 13.1. The van der Waals surface area contributed by atoms with Gasteiger partial charge in [0.15, 0.2) is 5.82 Å². The van der Waals surface area contributed by atoms with E-state index in [4.69, 9.17) is 0 Å². The fourth-order valence-electron chi connectivity index (χ4n) is 2.51. The van der Waals surface area contributed by atoms with E-state index in [1.165, 1.54) is 0 Å². The maximum absolute atomic E-state index is 12.8. The molecule has 7 heteroatoms. The van der Waals surface area contributed by atoms with Crippen molar-refractivity contribution in [3.8, 4) is 0 Å². The molecule has 0 spiro atoms. The number of halogens is 1. The maximum Gasteiger partial charge on any atom is 0.153 e. The summed E-state index contributed by atoms with van der Waals surface area (Å²) in [6.07, 6.45) is 2.96. The van der Waals surface area contributed by atoms with Crippen molar-refractivity contribution in [2.45, 2.75) is 12.7 Å². The third-order valence-corrected chi connectivity index (χ3v) is 3.69. The normalized spacial score (nSPS) is 15.9. The molecule has 3 aromatic rings. The van der Waals surface area contributed by atoms with E-state index in [2.05, 4.69) is 20.6 Å². The molecule has 0 bridgehead atoms. The fraction of sp³-hybridized carbons (Fsp3) is 0.267.